The second kappa shape index (κ2) is 30.7. The van der Waals surface area contributed by atoms with Crippen molar-refractivity contribution in [3.8, 4) is 17.6 Å². The predicted molar refractivity (Wildman–Crippen MR) is 266 cm³/mol. The van der Waals surface area contributed by atoms with Gasteiger partial charge in [-0.3, -0.25) is 19.3 Å². The van der Waals surface area contributed by atoms with Gasteiger partial charge in [0.15, 0.2) is 15.7 Å². The van der Waals surface area contributed by atoms with Crippen molar-refractivity contribution in [2.45, 2.75) is 128 Å². The van der Waals surface area contributed by atoms with Gasteiger partial charge in [0, 0.05) is 74.5 Å². The van der Waals surface area contributed by atoms with Gasteiger partial charge in [0.05, 0.1) is 38.7 Å². The summed E-state index contributed by atoms with van der Waals surface area (Å²) >= 11 is 0. The van der Waals surface area contributed by atoms with E-state index in [1.165, 1.54) is 26.4 Å². The number of unbranched alkanes of at least 4 members (excludes halogenated alkanes) is 6. The topological polar surface area (TPSA) is 261 Å². The van der Waals surface area contributed by atoms with Crippen molar-refractivity contribution in [1.29, 1.82) is 5.26 Å². The predicted octanol–water partition coefficient (Wildman–Crippen LogP) is 8.41. The van der Waals surface area contributed by atoms with E-state index in [0.717, 1.165) is 12.8 Å². The summed E-state index contributed by atoms with van der Waals surface area (Å²) < 4.78 is 55.5. The Morgan fingerprint density at radius 1 is 0.800 bits per heavy atom. The van der Waals surface area contributed by atoms with Gasteiger partial charge < -0.3 is 44.5 Å². The van der Waals surface area contributed by atoms with Gasteiger partial charge in [0.2, 0.25) is 0 Å². The van der Waals surface area contributed by atoms with Gasteiger partial charge in [-0.05, 0) is 91.7 Å². The zero-order valence-electron chi connectivity index (χ0n) is 41.9. The number of aromatic nitrogens is 1. The number of hydrogen-bond acceptors (Lipinski definition) is 19. The molecule has 386 valence electrons. The average molecular weight is 996 g/mol. The van der Waals surface area contributed by atoms with Crippen LogP contribution >= 0.6 is 0 Å². The molecular weight excluding hydrogens is 923 g/mol. The fourth-order valence-corrected chi connectivity index (χ4v) is 8.47. The fourth-order valence-electron chi connectivity index (χ4n) is 7.06. The summed E-state index contributed by atoms with van der Waals surface area (Å²) in [6.45, 7) is 10.4. The lowest BCUT2D eigenvalue weighted by atomic mass is 10.1. The zero-order chi connectivity index (χ0) is 51.5. The number of para-hydroxylation sites is 1. The number of nitrogens with one attached hydrogen (secondary N) is 2. The first-order chi connectivity index (χ1) is 33.5. The highest BCUT2D eigenvalue weighted by Gasteiger charge is 2.28. The SMILES string of the molecule is COc1cc(S(=O)(=O)CCN(CCOC(=O)CCCCCO)C(C)(C)C)c(OC)cc1N=Nc1c(Nc2ccccc2)nc(NCC(C)OC(=O)CCCCCOC(=O)CCCCCO)c(C#N)c1C. The molecule has 4 N–H and O–H groups in total. The fraction of sp³-hybridized carbons (Fsp3) is 0.580. The summed E-state index contributed by atoms with van der Waals surface area (Å²) in [5.74, 6) is -0.715. The Hall–Kier alpha value is -5.88. The van der Waals surface area contributed by atoms with E-state index in [1.54, 1.807) is 13.8 Å². The van der Waals surface area contributed by atoms with Gasteiger partial charge in [0.1, 0.15) is 52.4 Å². The smallest absolute Gasteiger partial charge is 0.306 e. The number of carbonyl (C=O) groups is 3. The van der Waals surface area contributed by atoms with Crippen molar-refractivity contribution in [3.63, 3.8) is 0 Å². The molecule has 0 saturated heterocycles. The first kappa shape index (κ1) is 58.4. The van der Waals surface area contributed by atoms with Crippen LogP contribution in [-0.4, -0.2) is 124 Å². The molecule has 0 bridgehead atoms. The number of ether oxygens (including phenoxy) is 5. The van der Waals surface area contributed by atoms with Crippen LogP contribution in [0.1, 0.15) is 116 Å². The number of aliphatic hydroxyl groups excluding tert-OH is 2. The molecule has 1 aromatic heterocycles. The van der Waals surface area contributed by atoms with Crippen LogP contribution < -0.4 is 20.1 Å². The minimum absolute atomic E-state index is 0.0110. The number of pyridine rings is 1. The second-order valence-electron chi connectivity index (χ2n) is 17.6. The molecule has 0 aliphatic rings. The molecule has 0 radical (unpaired) electrons. The van der Waals surface area contributed by atoms with E-state index in [9.17, 15) is 28.1 Å². The van der Waals surface area contributed by atoms with E-state index in [1.807, 2.05) is 56.0 Å². The normalized spacial score (nSPS) is 12.1. The lowest BCUT2D eigenvalue weighted by Crippen LogP contribution is -2.45. The highest BCUT2D eigenvalue weighted by atomic mass is 32.2. The van der Waals surface area contributed by atoms with E-state index in [2.05, 4.69) is 26.9 Å². The molecule has 0 amide bonds. The van der Waals surface area contributed by atoms with Crippen LogP contribution in [-0.2, 0) is 38.4 Å². The number of benzene rings is 2. The van der Waals surface area contributed by atoms with Gasteiger partial charge in [-0.15, -0.1) is 10.2 Å². The number of carbonyl (C=O) groups excluding carboxylic acids is 3. The molecule has 1 heterocycles. The third-order valence-corrected chi connectivity index (χ3v) is 12.8. The quantitative estimate of drug-likeness (QED) is 0.0193. The Morgan fingerprint density at radius 3 is 1.99 bits per heavy atom. The Kier molecular flexibility index (Phi) is 25.6. The molecule has 1 atom stereocenters. The summed E-state index contributed by atoms with van der Waals surface area (Å²) in [5, 5.41) is 43.6. The number of nitriles is 1. The van der Waals surface area contributed by atoms with Crippen LogP contribution in [0.5, 0.6) is 11.5 Å². The van der Waals surface area contributed by atoms with Gasteiger partial charge in [-0.25, -0.2) is 13.4 Å². The molecule has 0 spiro atoms. The van der Waals surface area contributed by atoms with E-state index in [0.29, 0.717) is 69.2 Å². The van der Waals surface area contributed by atoms with E-state index >= 15 is 0 Å². The van der Waals surface area contributed by atoms with Crippen molar-refractivity contribution in [3.05, 3.63) is 53.6 Å². The third kappa shape index (κ3) is 20.2. The molecule has 3 rings (SSSR count). The Labute approximate surface area is 413 Å². The lowest BCUT2D eigenvalue weighted by molar-refractivity contribution is -0.148. The first-order valence-corrected chi connectivity index (χ1v) is 25.5. The van der Waals surface area contributed by atoms with Crippen LogP contribution in [0.3, 0.4) is 0 Å². The van der Waals surface area contributed by atoms with Crippen LogP contribution in [0.2, 0.25) is 0 Å². The number of rotatable bonds is 33. The van der Waals surface area contributed by atoms with Crippen molar-refractivity contribution in [2.24, 2.45) is 10.2 Å². The third-order valence-electron chi connectivity index (χ3n) is 11.1. The Morgan fingerprint density at radius 2 is 1.40 bits per heavy atom. The average Bonchev–Trinajstić information content (AvgIpc) is 3.32. The lowest BCUT2D eigenvalue weighted by Gasteiger charge is -2.35. The number of aliphatic hydroxyl groups is 2. The number of sulfone groups is 1. The molecule has 20 heteroatoms. The Bertz CT molecular complexity index is 2300. The van der Waals surface area contributed by atoms with Crippen LogP contribution in [0.15, 0.2) is 57.6 Å². The molecule has 0 aliphatic heterocycles. The summed E-state index contributed by atoms with van der Waals surface area (Å²) in [5.41, 5.74) is 1.15. The van der Waals surface area contributed by atoms with Crippen LogP contribution in [0.4, 0.5) is 28.7 Å². The number of nitrogens with zero attached hydrogens (tertiary/aromatic N) is 5. The van der Waals surface area contributed by atoms with Crippen molar-refractivity contribution in [1.82, 2.24) is 9.88 Å². The van der Waals surface area contributed by atoms with Crippen LogP contribution in [0.25, 0.3) is 0 Å². The van der Waals surface area contributed by atoms with Gasteiger partial charge in [0.25, 0.3) is 0 Å². The molecule has 70 heavy (non-hydrogen) atoms. The molecule has 0 fully saturated rings. The first-order valence-electron chi connectivity index (χ1n) is 23.9. The number of hydrogen-bond donors (Lipinski definition) is 4. The molecule has 1 unspecified atom stereocenters. The number of anilines is 3. The molecule has 2 aromatic carbocycles. The van der Waals surface area contributed by atoms with Gasteiger partial charge >= 0.3 is 17.9 Å². The largest absolute Gasteiger partial charge is 0.495 e. The van der Waals surface area contributed by atoms with E-state index in [4.69, 9.17) is 38.9 Å². The molecule has 19 nitrogen and oxygen atoms in total. The molecule has 0 aliphatic carbocycles. The maximum Gasteiger partial charge on any atom is 0.306 e. The summed E-state index contributed by atoms with van der Waals surface area (Å²) in [6, 6.07) is 14.1. The van der Waals surface area contributed by atoms with Gasteiger partial charge in [-0.2, -0.15) is 5.26 Å². The van der Waals surface area contributed by atoms with Crippen molar-refractivity contribution in [2.75, 3.05) is 76.7 Å². The van der Waals surface area contributed by atoms with Crippen molar-refractivity contribution < 1.29 is 56.7 Å². The maximum atomic E-state index is 14.0. The Balaban J connectivity index is 1.77. The zero-order valence-corrected chi connectivity index (χ0v) is 42.7. The second-order valence-corrected chi connectivity index (χ2v) is 19.7. The minimum atomic E-state index is -3.98. The van der Waals surface area contributed by atoms with Crippen LogP contribution in [0, 0.1) is 18.3 Å². The summed E-state index contributed by atoms with van der Waals surface area (Å²) in [6.07, 6.45) is 6.11. The minimum Gasteiger partial charge on any atom is -0.495 e. The van der Waals surface area contributed by atoms with Gasteiger partial charge in [-0.1, -0.05) is 31.0 Å². The van der Waals surface area contributed by atoms with E-state index in [-0.39, 0.29) is 121 Å². The molecular formula is C50H73N7O12S. The highest BCUT2D eigenvalue weighted by Crippen LogP contribution is 2.41. The summed E-state index contributed by atoms with van der Waals surface area (Å²) in [4.78, 5) is 43.3. The number of esters is 3. The van der Waals surface area contributed by atoms with E-state index < -0.39 is 21.5 Å². The number of azo groups is 1. The highest BCUT2D eigenvalue weighted by molar-refractivity contribution is 7.91. The monoisotopic (exact) mass is 996 g/mol. The standard InChI is InChI=1S/C50H73N7O12S/c1-36(69-46(62)24-16-11-19-29-67-44(60)22-14-9-17-27-58)35-52-48-39(34-51)37(2)47(49(54-48)53-38-20-12-8-13-21-38)56-55-40-32-42(66-7)43(33-41(40)65-6)70(63,64)31-26-57(50(3,4)5)25-30-68-45(61)23-15-10-18-28-59/h8,12-13,20-21,32-33,36,58-59H,9-11,14-19,22-31,35H2,1-7H3,(H2,52,53,54). The maximum absolute atomic E-state index is 14.0. The summed E-state index contributed by atoms with van der Waals surface area (Å²) in [7, 11) is -1.26. The molecule has 0 saturated carbocycles. The van der Waals surface area contributed by atoms with Crippen molar-refractivity contribution >= 4 is 56.4 Å². The molecule has 3 aromatic rings. The number of methoxy groups -OCH3 is 2.